The molecule has 0 amide bonds. The van der Waals surface area contributed by atoms with Gasteiger partial charge in [0.2, 0.25) is 0 Å². The highest BCUT2D eigenvalue weighted by atomic mass is 35.5. The van der Waals surface area contributed by atoms with Crippen LogP contribution in [-0.2, 0) is 0 Å². The Morgan fingerprint density at radius 1 is 0.800 bits per heavy atom. The number of benzene rings is 2. The first kappa shape index (κ1) is 15.5. The molecule has 0 unspecified atom stereocenters. The number of pyridine rings is 1. The molecule has 0 aliphatic carbocycles. The zero-order valence-corrected chi connectivity index (χ0v) is 13.9. The van der Waals surface area contributed by atoms with Crippen molar-refractivity contribution in [3.63, 3.8) is 0 Å². The van der Waals surface area contributed by atoms with Crippen molar-refractivity contribution in [2.24, 2.45) is 0 Å². The summed E-state index contributed by atoms with van der Waals surface area (Å²) in [5, 5.41) is 10.4. The Labute approximate surface area is 150 Å². The minimum absolute atomic E-state index is 0.201. The molecule has 25 heavy (non-hydrogen) atoms. The van der Waals surface area contributed by atoms with E-state index in [4.69, 9.17) is 21.0 Å². The van der Waals surface area contributed by atoms with Gasteiger partial charge < -0.3 is 9.52 Å². The predicted octanol–water partition coefficient (Wildman–Crippen LogP) is 6.03. The van der Waals surface area contributed by atoms with Crippen molar-refractivity contribution in [3.05, 3.63) is 84.3 Å². The van der Waals surface area contributed by atoms with E-state index in [0.717, 1.165) is 33.6 Å². The number of aromatic nitrogens is 1. The lowest BCUT2D eigenvalue weighted by molar-refractivity contribution is 0.475. The van der Waals surface area contributed by atoms with Crippen LogP contribution < -0.4 is 0 Å². The maximum Gasteiger partial charge on any atom is 0.116 e. The van der Waals surface area contributed by atoms with Crippen LogP contribution in [0.1, 0.15) is 0 Å². The lowest BCUT2D eigenvalue weighted by atomic mass is 10.0. The van der Waals surface area contributed by atoms with Crippen LogP contribution in [0.15, 0.2) is 83.7 Å². The van der Waals surface area contributed by atoms with Crippen LogP contribution in [0, 0.1) is 0 Å². The lowest BCUT2D eigenvalue weighted by Crippen LogP contribution is -1.91. The van der Waals surface area contributed by atoms with Crippen molar-refractivity contribution in [1.29, 1.82) is 0 Å². The van der Waals surface area contributed by atoms with Crippen LogP contribution in [0.5, 0.6) is 5.75 Å². The summed E-state index contributed by atoms with van der Waals surface area (Å²) in [6, 6.07) is 20.5. The Balaban J connectivity index is 1.94. The molecular formula is C21H14ClNO2. The van der Waals surface area contributed by atoms with Gasteiger partial charge >= 0.3 is 0 Å². The van der Waals surface area contributed by atoms with E-state index in [2.05, 4.69) is 0 Å². The van der Waals surface area contributed by atoms with Crippen LogP contribution in [0.2, 0.25) is 5.02 Å². The molecule has 0 bridgehead atoms. The van der Waals surface area contributed by atoms with E-state index >= 15 is 0 Å². The molecule has 0 spiro atoms. The Morgan fingerprint density at radius 2 is 1.64 bits per heavy atom. The van der Waals surface area contributed by atoms with Crippen molar-refractivity contribution >= 4 is 11.6 Å². The number of furan rings is 1. The number of hydrogen-bond acceptors (Lipinski definition) is 3. The zero-order chi connectivity index (χ0) is 17.2. The van der Waals surface area contributed by atoms with E-state index in [0.29, 0.717) is 5.02 Å². The molecule has 3 nitrogen and oxygen atoms in total. The molecule has 4 heteroatoms. The first-order valence-corrected chi connectivity index (χ1v) is 8.17. The summed E-state index contributed by atoms with van der Waals surface area (Å²) in [5.74, 6) is 0.201. The second kappa shape index (κ2) is 6.46. The Hall–Kier alpha value is -3.04. The topological polar surface area (TPSA) is 46.3 Å². The third-order valence-corrected chi connectivity index (χ3v) is 4.30. The van der Waals surface area contributed by atoms with Crippen LogP contribution in [0.3, 0.4) is 0 Å². The van der Waals surface area contributed by atoms with Crippen LogP contribution in [-0.4, -0.2) is 10.1 Å². The van der Waals surface area contributed by atoms with E-state index in [1.807, 2.05) is 48.5 Å². The summed E-state index contributed by atoms with van der Waals surface area (Å²) in [6.45, 7) is 0. The fourth-order valence-electron chi connectivity index (χ4n) is 2.75. The quantitative estimate of drug-likeness (QED) is 0.491. The monoisotopic (exact) mass is 347 g/mol. The molecular weight excluding hydrogens is 334 g/mol. The normalized spacial score (nSPS) is 10.8. The van der Waals surface area contributed by atoms with Gasteiger partial charge in [0.25, 0.3) is 0 Å². The number of phenols is 1. The summed E-state index contributed by atoms with van der Waals surface area (Å²) >= 11 is 6.36. The zero-order valence-electron chi connectivity index (χ0n) is 13.2. The van der Waals surface area contributed by atoms with Gasteiger partial charge in [-0.2, -0.15) is 0 Å². The van der Waals surface area contributed by atoms with Crippen molar-refractivity contribution in [3.8, 4) is 39.4 Å². The molecule has 0 aliphatic rings. The summed E-state index contributed by atoms with van der Waals surface area (Å²) in [5.41, 5.74) is 5.14. The van der Waals surface area contributed by atoms with Crippen molar-refractivity contribution in [1.82, 2.24) is 4.98 Å². The highest BCUT2D eigenvalue weighted by Gasteiger charge is 2.11. The highest BCUT2D eigenvalue weighted by molar-refractivity contribution is 6.33. The van der Waals surface area contributed by atoms with Gasteiger partial charge in [-0.1, -0.05) is 41.9 Å². The van der Waals surface area contributed by atoms with Gasteiger partial charge in [-0.25, -0.2) is 4.98 Å². The molecule has 4 aromatic rings. The van der Waals surface area contributed by atoms with Gasteiger partial charge in [-0.15, -0.1) is 0 Å². The molecule has 0 saturated heterocycles. The second-order valence-corrected chi connectivity index (χ2v) is 6.08. The summed E-state index contributed by atoms with van der Waals surface area (Å²) in [4.78, 5) is 4.76. The van der Waals surface area contributed by atoms with Gasteiger partial charge in [0, 0.05) is 21.7 Å². The molecule has 1 N–H and O–H groups in total. The molecule has 0 fully saturated rings. The van der Waals surface area contributed by atoms with Crippen molar-refractivity contribution < 1.29 is 9.52 Å². The van der Waals surface area contributed by atoms with Crippen LogP contribution >= 0.6 is 11.6 Å². The van der Waals surface area contributed by atoms with E-state index in [1.165, 1.54) is 0 Å². The standard InChI is InChI=1S/C21H14ClNO2/c22-19-7-2-1-6-18(19)21-12-16(15-8-9-25-13-15)11-20(23-21)14-4-3-5-17(24)10-14/h1-13,24H. The molecule has 2 heterocycles. The first-order chi connectivity index (χ1) is 12.2. The Kier molecular flexibility index (Phi) is 4.00. The SMILES string of the molecule is Oc1cccc(-c2cc(-c3ccoc3)cc(-c3ccccc3Cl)n2)c1. The van der Waals surface area contributed by atoms with Crippen LogP contribution in [0.4, 0.5) is 0 Å². The van der Waals surface area contributed by atoms with Gasteiger partial charge in [-0.3, -0.25) is 0 Å². The van der Waals surface area contributed by atoms with Gasteiger partial charge in [-0.05, 0) is 42.0 Å². The first-order valence-electron chi connectivity index (χ1n) is 7.80. The number of nitrogens with zero attached hydrogens (tertiary/aromatic N) is 1. The fraction of sp³-hybridized carbons (Fsp3) is 0. The van der Waals surface area contributed by atoms with Crippen molar-refractivity contribution in [2.45, 2.75) is 0 Å². The van der Waals surface area contributed by atoms with Gasteiger partial charge in [0.15, 0.2) is 0 Å². The molecule has 0 saturated carbocycles. The Morgan fingerprint density at radius 3 is 2.40 bits per heavy atom. The molecule has 4 rings (SSSR count). The number of hydrogen-bond donors (Lipinski definition) is 1. The van der Waals surface area contributed by atoms with E-state index < -0.39 is 0 Å². The predicted molar refractivity (Wildman–Crippen MR) is 99.5 cm³/mol. The lowest BCUT2D eigenvalue weighted by Gasteiger charge is -2.10. The van der Waals surface area contributed by atoms with Crippen LogP contribution in [0.25, 0.3) is 33.6 Å². The molecule has 2 aromatic carbocycles. The summed E-state index contributed by atoms with van der Waals surface area (Å²) < 4.78 is 5.22. The third kappa shape index (κ3) is 3.14. The summed E-state index contributed by atoms with van der Waals surface area (Å²) in [6.07, 6.45) is 3.33. The van der Waals surface area contributed by atoms with E-state index in [1.54, 1.807) is 30.7 Å². The fourth-order valence-corrected chi connectivity index (χ4v) is 2.98. The van der Waals surface area contributed by atoms with E-state index in [-0.39, 0.29) is 5.75 Å². The number of halogens is 1. The minimum Gasteiger partial charge on any atom is -0.508 e. The third-order valence-electron chi connectivity index (χ3n) is 3.97. The average molecular weight is 348 g/mol. The highest BCUT2D eigenvalue weighted by Crippen LogP contribution is 2.33. The Bertz CT molecular complexity index is 1030. The number of phenolic OH excluding ortho intramolecular Hbond substituents is 1. The van der Waals surface area contributed by atoms with Gasteiger partial charge in [0.1, 0.15) is 5.75 Å². The number of aromatic hydroxyl groups is 1. The smallest absolute Gasteiger partial charge is 0.116 e. The van der Waals surface area contributed by atoms with Gasteiger partial charge in [0.05, 0.1) is 23.9 Å². The molecule has 0 aliphatic heterocycles. The molecule has 2 aromatic heterocycles. The van der Waals surface area contributed by atoms with Crippen molar-refractivity contribution in [2.75, 3.05) is 0 Å². The molecule has 0 radical (unpaired) electrons. The molecule has 0 atom stereocenters. The van der Waals surface area contributed by atoms with E-state index in [9.17, 15) is 5.11 Å². The average Bonchev–Trinajstić information content (AvgIpc) is 3.16. The maximum absolute atomic E-state index is 9.79. The maximum atomic E-state index is 9.79. The number of rotatable bonds is 3. The largest absolute Gasteiger partial charge is 0.508 e. The minimum atomic E-state index is 0.201. The summed E-state index contributed by atoms with van der Waals surface area (Å²) in [7, 11) is 0. The second-order valence-electron chi connectivity index (χ2n) is 5.67. The molecule has 122 valence electrons.